The van der Waals surface area contributed by atoms with Gasteiger partial charge in [-0.25, -0.2) is 4.98 Å². The number of hydrogen-bond donors (Lipinski definition) is 1. The summed E-state index contributed by atoms with van der Waals surface area (Å²) < 4.78 is 23.6. The van der Waals surface area contributed by atoms with Gasteiger partial charge in [-0.15, -0.1) is 0 Å². The highest BCUT2D eigenvalue weighted by Crippen LogP contribution is 2.45. The number of benzene rings is 2. The maximum Gasteiger partial charge on any atom is 0.295 e. The van der Waals surface area contributed by atoms with Crippen molar-refractivity contribution in [2.45, 2.75) is 19.0 Å². The van der Waals surface area contributed by atoms with Crippen LogP contribution in [0.15, 0.2) is 60.7 Å². The summed E-state index contributed by atoms with van der Waals surface area (Å²) in [4.78, 5) is 32.1. The number of ketones is 1. The van der Waals surface area contributed by atoms with Crippen LogP contribution in [0.1, 0.15) is 23.6 Å². The van der Waals surface area contributed by atoms with Crippen molar-refractivity contribution in [1.29, 1.82) is 0 Å². The van der Waals surface area contributed by atoms with Crippen molar-refractivity contribution in [3.05, 3.63) is 71.8 Å². The van der Waals surface area contributed by atoms with E-state index in [1.54, 1.807) is 48.9 Å². The van der Waals surface area contributed by atoms with Gasteiger partial charge in [-0.1, -0.05) is 12.1 Å². The molecule has 1 amide bonds. The Hall–Kier alpha value is -4.47. The van der Waals surface area contributed by atoms with Crippen molar-refractivity contribution in [2.75, 3.05) is 35.0 Å². The minimum atomic E-state index is -0.886. The van der Waals surface area contributed by atoms with Crippen LogP contribution in [-0.4, -0.2) is 66.2 Å². The molecule has 1 N–H and O–H groups in total. The number of carbonyl (C=O) groups is 2. The van der Waals surface area contributed by atoms with Crippen molar-refractivity contribution >= 4 is 17.4 Å². The molecular weight excluding hydrogens is 478 g/mol. The molecular formula is C27H29N3O7. The Morgan fingerprint density at radius 2 is 1.70 bits per heavy atom. The number of aliphatic hydroxyl groups excluding tert-OH is 1. The van der Waals surface area contributed by atoms with Gasteiger partial charge in [0.05, 0.1) is 46.4 Å². The SMILES string of the molecule is COc1cccc(/C(O)=C2\C(=O)C(=O)N(CCCn3ccnc3)C2c2cc(OC)c(OC)c(OC)c2)c1. The van der Waals surface area contributed by atoms with Gasteiger partial charge in [-0.2, -0.15) is 0 Å². The molecule has 10 heteroatoms. The minimum Gasteiger partial charge on any atom is -0.507 e. The third-order valence-corrected chi connectivity index (χ3v) is 6.26. The molecule has 194 valence electrons. The first-order chi connectivity index (χ1) is 17.9. The van der Waals surface area contributed by atoms with Crippen LogP contribution in [0.25, 0.3) is 5.76 Å². The number of methoxy groups -OCH3 is 4. The predicted octanol–water partition coefficient (Wildman–Crippen LogP) is 3.43. The van der Waals surface area contributed by atoms with Crippen molar-refractivity contribution in [3.8, 4) is 23.0 Å². The topological polar surface area (TPSA) is 112 Å². The smallest absolute Gasteiger partial charge is 0.295 e. The van der Waals surface area contributed by atoms with Gasteiger partial charge < -0.3 is 33.5 Å². The lowest BCUT2D eigenvalue weighted by atomic mass is 9.94. The van der Waals surface area contributed by atoms with E-state index in [1.807, 2.05) is 10.8 Å². The summed E-state index contributed by atoms with van der Waals surface area (Å²) in [6, 6.07) is 9.15. The Morgan fingerprint density at radius 1 is 0.973 bits per heavy atom. The molecule has 0 radical (unpaired) electrons. The summed E-state index contributed by atoms with van der Waals surface area (Å²) in [7, 11) is 5.97. The Morgan fingerprint density at radius 3 is 2.30 bits per heavy atom. The lowest BCUT2D eigenvalue weighted by molar-refractivity contribution is -0.139. The van der Waals surface area contributed by atoms with Gasteiger partial charge in [0.15, 0.2) is 11.5 Å². The second kappa shape index (κ2) is 11.1. The first kappa shape index (κ1) is 25.6. The number of amides is 1. The highest BCUT2D eigenvalue weighted by Gasteiger charge is 2.46. The fraction of sp³-hybridized carbons (Fsp3) is 0.296. The van der Waals surface area contributed by atoms with E-state index in [9.17, 15) is 14.7 Å². The molecule has 1 unspecified atom stereocenters. The van der Waals surface area contributed by atoms with Crippen LogP contribution in [0.4, 0.5) is 0 Å². The second-order valence-electron chi connectivity index (χ2n) is 8.34. The molecule has 0 aliphatic carbocycles. The molecule has 3 aromatic rings. The number of aliphatic hydroxyl groups is 1. The predicted molar refractivity (Wildman–Crippen MR) is 135 cm³/mol. The van der Waals surface area contributed by atoms with Gasteiger partial charge in [0.25, 0.3) is 11.7 Å². The number of likely N-dealkylation sites (tertiary alicyclic amines) is 1. The Kier molecular flexibility index (Phi) is 7.66. The molecule has 1 aliphatic rings. The number of Topliss-reactive ketones (excluding diaryl/α,β-unsaturated/α-hetero) is 1. The number of carbonyl (C=O) groups excluding carboxylic acids is 2. The average Bonchev–Trinajstić information content (AvgIpc) is 3.54. The van der Waals surface area contributed by atoms with Crippen LogP contribution in [0.3, 0.4) is 0 Å². The number of imidazole rings is 1. The fourth-order valence-electron chi connectivity index (χ4n) is 4.48. The number of ether oxygens (including phenoxy) is 4. The molecule has 1 saturated heterocycles. The molecule has 2 aromatic carbocycles. The van der Waals surface area contributed by atoms with E-state index in [0.29, 0.717) is 47.1 Å². The van der Waals surface area contributed by atoms with E-state index in [0.717, 1.165) is 0 Å². The molecule has 2 heterocycles. The molecule has 1 fully saturated rings. The quantitative estimate of drug-likeness (QED) is 0.252. The number of nitrogens with zero attached hydrogens (tertiary/aromatic N) is 3. The standard InChI is InChI=1S/C27H29N3O7/c1-34-19-8-5-7-17(13-19)24(31)22-23(18-14-20(35-2)26(37-4)21(15-18)36-3)30(27(33)25(22)32)11-6-10-29-12-9-28-16-29/h5,7-9,12-16,23,31H,6,10-11H2,1-4H3/b24-22+. The van der Waals surface area contributed by atoms with Crippen LogP contribution in [0.5, 0.6) is 23.0 Å². The first-order valence-electron chi connectivity index (χ1n) is 11.6. The Labute approximate surface area is 214 Å². The lowest BCUT2D eigenvalue weighted by Crippen LogP contribution is -2.31. The van der Waals surface area contributed by atoms with Gasteiger partial charge in [0, 0.05) is 31.0 Å². The van der Waals surface area contributed by atoms with Gasteiger partial charge >= 0.3 is 0 Å². The summed E-state index contributed by atoms with van der Waals surface area (Å²) in [5.41, 5.74) is 0.851. The van der Waals surface area contributed by atoms with Crippen molar-refractivity contribution < 1.29 is 33.6 Å². The van der Waals surface area contributed by atoms with E-state index < -0.39 is 17.7 Å². The summed E-state index contributed by atoms with van der Waals surface area (Å²) in [5.74, 6) is -0.172. The highest BCUT2D eigenvalue weighted by molar-refractivity contribution is 6.46. The number of aromatic nitrogens is 2. The zero-order valence-electron chi connectivity index (χ0n) is 21.1. The third-order valence-electron chi connectivity index (χ3n) is 6.26. The summed E-state index contributed by atoms with van der Waals surface area (Å²) in [5, 5.41) is 11.3. The van der Waals surface area contributed by atoms with E-state index in [4.69, 9.17) is 18.9 Å². The molecule has 0 saturated carbocycles. The number of aryl methyl sites for hydroxylation is 1. The zero-order chi connectivity index (χ0) is 26.5. The second-order valence-corrected chi connectivity index (χ2v) is 8.34. The van der Waals surface area contributed by atoms with E-state index >= 15 is 0 Å². The highest BCUT2D eigenvalue weighted by atomic mass is 16.5. The number of hydrogen-bond acceptors (Lipinski definition) is 8. The van der Waals surface area contributed by atoms with Crippen molar-refractivity contribution in [2.24, 2.45) is 0 Å². The molecule has 1 atom stereocenters. The van der Waals surface area contributed by atoms with Crippen molar-refractivity contribution in [3.63, 3.8) is 0 Å². The van der Waals surface area contributed by atoms with Gasteiger partial charge in [-0.05, 0) is 36.2 Å². The molecule has 1 aromatic heterocycles. The van der Waals surface area contributed by atoms with Crippen LogP contribution in [-0.2, 0) is 16.1 Å². The number of rotatable bonds is 10. The first-order valence-corrected chi connectivity index (χ1v) is 11.6. The average molecular weight is 508 g/mol. The third kappa shape index (κ3) is 4.95. The van der Waals surface area contributed by atoms with Crippen molar-refractivity contribution in [1.82, 2.24) is 14.5 Å². The van der Waals surface area contributed by atoms with E-state index in [1.165, 1.54) is 33.3 Å². The van der Waals surface area contributed by atoms with Gasteiger partial charge in [-0.3, -0.25) is 9.59 Å². The molecule has 4 rings (SSSR count). The molecule has 0 bridgehead atoms. The summed E-state index contributed by atoms with van der Waals surface area (Å²) >= 11 is 0. The maximum atomic E-state index is 13.3. The Bertz CT molecular complexity index is 1290. The Balaban J connectivity index is 1.84. The normalized spacial score (nSPS) is 16.6. The van der Waals surface area contributed by atoms with Gasteiger partial charge in [0.1, 0.15) is 11.5 Å². The van der Waals surface area contributed by atoms with Gasteiger partial charge in [0.2, 0.25) is 5.75 Å². The molecule has 0 spiro atoms. The van der Waals surface area contributed by atoms with Crippen LogP contribution < -0.4 is 18.9 Å². The van der Waals surface area contributed by atoms with Crippen LogP contribution in [0.2, 0.25) is 0 Å². The molecule has 10 nitrogen and oxygen atoms in total. The lowest BCUT2D eigenvalue weighted by Gasteiger charge is -2.26. The zero-order valence-corrected chi connectivity index (χ0v) is 21.1. The van der Waals surface area contributed by atoms with E-state index in [-0.39, 0.29) is 17.9 Å². The largest absolute Gasteiger partial charge is 0.507 e. The summed E-state index contributed by atoms with van der Waals surface area (Å²) in [6.07, 6.45) is 5.75. The minimum absolute atomic E-state index is 0.0323. The molecule has 1 aliphatic heterocycles. The molecule has 37 heavy (non-hydrogen) atoms. The van der Waals surface area contributed by atoms with E-state index in [2.05, 4.69) is 4.98 Å². The van der Waals surface area contributed by atoms with Crippen LogP contribution in [0, 0.1) is 0 Å². The van der Waals surface area contributed by atoms with Crippen LogP contribution >= 0.6 is 0 Å². The monoisotopic (exact) mass is 507 g/mol. The fourth-order valence-corrected chi connectivity index (χ4v) is 4.48. The summed E-state index contributed by atoms with van der Waals surface area (Å²) in [6.45, 7) is 0.861. The maximum absolute atomic E-state index is 13.3.